The molecule has 1 aromatic carbocycles. The van der Waals surface area contributed by atoms with Crippen LogP contribution in [0.1, 0.15) is 12.0 Å². The zero-order valence-electron chi connectivity index (χ0n) is 7.74. The van der Waals surface area contributed by atoms with Gasteiger partial charge in [-0.1, -0.05) is 18.2 Å². The number of benzene rings is 1. The second-order valence-corrected chi connectivity index (χ2v) is 3.57. The van der Waals surface area contributed by atoms with Crippen LogP contribution < -0.4 is 0 Å². The Bertz CT molecular complexity index is 281. The molecule has 1 fully saturated rings. The zero-order chi connectivity index (χ0) is 9.10. The lowest BCUT2D eigenvalue weighted by molar-refractivity contribution is 0.183. The average Bonchev–Trinajstić information content (AvgIpc) is 2.05. The third-order valence-corrected chi connectivity index (χ3v) is 2.64. The van der Waals surface area contributed by atoms with Gasteiger partial charge >= 0.3 is 0 Å². The van der Waals surface area contributed by atoms with Crippen LogP contribution in [-0.2, 0) is 6.42 Å². The minimum Gasteiger partial charge on any atom is -0.508 e. The summed E-state index contributed by atoms with van der Waals surface area (Å²) in [5, 5.41) is 9.50. The van der Waals surface area contributed by atoms with Gasteiger partial charge in [0.05, 0.1) is 0 Å². The van der Waals surface area contributed by atoms with Gasteiger partial charge in [0.2, 0.25) is 0 Å². The van der Waals surface area contributed by atoms with E-state index in [0.29, 0.717) is 5.75 Å². The zero-order valence-corrected chi connectivity index (χ0v) is 7.74. The summed E-state index contributed by atoms with van der Waals surface area (Å²) in [6.45, 7) is 3.54. The molecule has 0 unspecified atom stereocenters. The van der Waals surface area contributed by atoms with Crippen LogP contribution >= 0.6 is 0 Å². The second kappa shape index (κ2) is 3.79. The van der Waals surface area contributed by atoms with E-state index in [2.05, 4.69) is 4.90 Å². The van der Waals surface area contributed by atoms with Gasteiger partial charge in [0.15, 0.2) is 0 Å². The molecule has 1 aromatic rings. The van der Waals surface area contributed by atoms with Gasteiger partial charge in [-0.2, -0.15) is 0 Å². The maximum atomic E-state index is 9.50. The molecule has 0 aromatic heterocycles. The number of phenolic OH excluding ortho intramolecular Hbond substituents is 1. The molecule has 1 N–H and O–H groups in total. The van der Waals surface area contributed by atoms with Gasteiger partial charge in [0, 0.05) is 6.54 Å². The maximum absolute atomic E-state index is 9.50. The molecule has 1 aliphatic rings. The van der Waals surface area contributed by atoms with Gasteiger partial charge in [-0.05, 0) is 37.6 Å². The highest BCUT2D eigenvalue weighted by Crippen LogP contribution is 2.17. The molecule has 2 heteroatoms. The van der Waals surface area contributed by atoms with E-state index >= 15 is 0 Å². The molecule has 1 aliphatic heterocycles. The Labute approximate surface area is 78.8 Å². The van der Waals surface area contributed by atoms with Crippen molar-refractivity contribution in [1.82, 2.24) is 4.90 Å². The van der Waals surface area contributed by atoms with E-state index in [9.17, 15) is 5.11 Å². The lowest BCUT2D eigenvalue weighted by atomic mass is 10.1. The van der Waals surface area contributed by atoms with E-state index in [-0.39, 0.29) is 0 Å². The third kappa shape index (κ3) is 2.01. The maximum Gasteiger partial charge on any atom is 0.118 e. The predicted octanol–water partition coefficient (Wildman–Crippen LogP) is 1.64. The van der Waals surface area contributed by atoms with E-state index in [1.54, 1.807) is 6.07 Å². The second-order valence-electron chi connectivity index (χ2n) is 3.57. The van der Waals surface area contributed by atoms with Crippen molar-refractivity contribution in [2.45, 2.75) is 12.8 Å². The minimum absolute atomic E-state index is 0.433. The van der Waals surface area contributed by atoms with Crippen LogP contribution in [0.4, 0.5) is 0 Å². The summed E-state index contributed by atoms with van der Waals surface area (Å²) in [6.07, 6.45) is 2.30. The van der Waals surface area contributed by atoms with Crippen molar-refractivity contribution >= 4 is 0 Å². The first kappa shape index (κ1) is 8.57. The molecule has 0 spiro atoms. The van der Waals surface area contributed by atoms with Crippen molar-refractivity contribution in [3.05, 3.63) is 29.8 Å². The van der Waals surface area contributed by atoms with E-state index < -0.39 is 0 Å². The van der Waals surface area contributed by atoms with Crippen LogP contribution in [0, 0.1) is 0 Å². The average molecular weight is 177 g/mol. The lowest BCUT2D eigenvalue weighted by Gasteiger charge is -2.30. The molecule has 0 atom stereocenters. The molecule has 0 amide bonds. The lowest BCUT2D eigenvalue weighted by Crippen LogP contribution is -2.38. The van der Waals surface area contributed by atoms with Gasteiger partial charge in [-0.25, -0.2) is 0 Å². The summed E-state index contributed by atoms with van der Waals surface area (Å²) in [5.74, 6) is 0.433. The quantitative estimate of drug-likeness (QED) is 0.758. The number of likely N-dealkylation sites (tertiary alicyclic amines) is 1. The molecule has 1 saturated heterocycles. The van der Waals surface area contributed by atoms with Crippen LogP contribution in [-0.4, -0.2) is 29.6 Å². The molecule has 0 aliphatic carbocycles. The van der Waals surface area contributed by atoms with Gasteiger partial charge in [-0.3, -0.25) is 0 Å². The number of hydrogen-bond acceptors (Lipinski definition) is 2. The summed E-state index contributed by atoms with van der Waals surface area (Å²) < 4.78 is 0. The summed E-state index contributed by atoms with van der Waals surface area (Å²) in [5.41, 5.74) is 1.06. The molecule has 1 heterocycles. The van der Waals surface area contributed by atoms with Crippen LogP contribution in [0.5, 0.6) is 5.75 Å². The van der Waals surface area contributed by atoms with Crippen LogP contribution in [0.3, 0.4) is 0 Å². The molecule has 0 saturated carbocycles. The smallest absolute Gasteiger partial charge is 0.118 e. The predicted molar refractivity (Wildman–Crippen MR) is 52.9 cm³/mol. The minimum atomic E-state index is 0.433. The first-order chi connectivity index (χ1) is 6.36. The molecule has 0 bridgehead atoms. The van der Waals surface area contributed by atoms with Crippen LogP contribution in [0.15, 0.2) is 24.3 Å². The number of nitrogens with zero attached hydrogens (tertiary/aromatic N) is 1. The normalized spacial score (nSPS) is 16.9. The van der Waals surface area contributed by atoms with Gasteiger partial charge in [0.25, 0.3) is 0 Å². The number of rotatable bonds is 3. The van der Waals surface area contributed by atoms with Crippen LogP contribution in [0.25, 0.3) is 0 Å². The summed E-state index contributed by atoms with van der Waals surface area (Å²) in [6, 6.07) is 7.59. The summed E-state index contributed by atoms with van der Waals surface area (Å²) in [4.78, 5) is 2.41. The Morgan fingerprint density at radius 1 is 1.23 bits per heavy atom. The monoisotopic (exact) mass is 177 g/mol. The first-order valence-corrected chi connectivity index (χ1v) is 4.85. The summed E-state index contributed by atoms with van der Waals surface area (Å²) >= 11 is 0. The number of phenols is 1. The van der Waals surface area contributed by atoms with Crippen molar-refractivity contribution < 1.29 is 5.11 Å². The fourth-order valence-electron chi connectivity index (χ4n) is 1.61. The highest BCUT2D eigenvalue weighted by Gasteiger charge is 2.13. The Morgan fingerprint density at radius 2 is 2.00 bits per heavy atom. The van der Waals surface area contributed by atoms with E-state index in [4.69, 9.17) is 0 Å². The number of para-hydroxylation sites is 1. The highest BCUT2D eigenvalue weighted by atomic mass is 16.3. The van der Waals surface area contributed by atoms with Crippen LogP contribution in [0.2, 0.25) is 0 Å². The molecular formula is C11H15NO. The van der Waals surface area contributed by atoms with Crippen molar-refractivity contribution in [2.75, 3.05) is 19.6 Å². The van der Waals surface area contributed by atoms with E-state index in [1.165, 1.54) is 19.5 Å². The number of aromatic hydroxyl groups is 1. The Kier molecular flexibility index (Phi) is 2.50. The Hall–Kier alpha value is -1.02. The SMILES string of the molecule is Oc1ccccc1CCN1CCC1. The Balaban J connectivity index is 1.89. The van der Waals surface area contributed by atoms with Gasteiger partial charge in [0.1, 0.15) is 5.75 Å². The van der Waals surface area contributed by atoms with Gasteiger partial charge < -0.3 is 10.0 Å². The van der Waals surface area contributed by atoms with Crippen molar-refractivity contribution in [3.8, 4) is 5.75 Å². The van der Waals surface area contributed by atoms with E-state index in [1.807, 2.05) is 18.2 Å². The fourth-order valence-corrected chi connectivity index (χ4v) is 1.61. The third-order valence-electron chi connectivity index (χ3n) is 2.64. The Morgan fingerprint density at radius 3 is 2.62 bits per heavy atom. The largest absolute Gasteiger partial charge is 0.508 e. The molecule has 2 rings (SSSR count). The standard InChI is InChI=1S/C11H15NO/c13-11-5-2-1-4-10(11)6-9-12-7-3-8-12/h1-2,4-5,13H,3,6-9H2. The fraction of sp³-hybridized carbons (Fsp3) is 0.455. The van der Waals surface area contributed by atoms with Crippen molar-refractivity contribution in [3.63, 3.8) is 0 Å². The summed E-state index contributed by atoms with van der Waals surface area (Å²) in [7, 11) is 0. The van der Waals surface area contributed by atoms with E-state index in [0.717, 1.165) is 18.5 Å². The topological polar surface area (TPSA) is 23.5 Å². The molecular weight excluding hydrogens is 162 g/mol. The molecule has 13 heavy (non-hydrogen) atoms. The number of hydrogen-bond donors (Lipinski definition) is 1. The van der Waals surface area contributed by atoms with Crippen molar-refractivity contribution in [2.24, 2.45) is 0 Å². The molecule has 2 nitrogen and oxygen atoms in total. The molecule has 70 valence electrons. The van der Waals surface area contributed by atoms with Crippen molar-refractivity contribution in [1.29, 1.82) is 0 Å². The molecule has 0 radical (unpaired) electrons. The first-order valence-electron chi connectivity index (χ1n) is 4.85. The highest BCUT2D eigenvalue weighted by molar-refractivity contribution is 5.31. The van der Waals surface area contributed by atoms with Gasteiger partial charge in [-0.15, -0.1) is 0 Å².